The van der Waals surface area contributed by atoms with Gasteiger partial charge in [0, 0.05) is 23.9 Å². The number of aromatic nitrogens is 1. The number of carbonyl (C=O) groups excluding carboxylic acids is 1. The minimum atomic E-state index is 0. The van der Waals surface area contributed by atoms with E-state index in [1.165, 1.54) is 19.3 Å². The summed E-state index contributed by atoms with van der Waals surface area (Å²) >= 11 is 1.60. The lowest BCUT2D eigenvalue weighted by molar-refractivity contribution is 0.0752. The molecule has 2 aliphatic rings. The molecule has 2 fully saturated rings. The summed E-state index contributed by atoms with van der Waals surface area (Å²) < 4.78 is 0. The van der Waals surface area contributed by atoms with E-state index < -0.39 is 0 Å². The molecule has 1 aromatic rings. The van der Waals surface area contributed by atoms with Gasteiger partial charge in [0.15, 0.2) is 0 Å². The highest BCUT2D eigenvalue weighted by atomic mass is 35.5. The highest BCUT2D eigenvalue weighted by molar-refractivity contribution is 7.09. The Balaban J connectivity index is 0.00000144. The minimum absolute atomic E-state index is 0. The van der Waals surface area contributed by atoms with E-state index in [9.17, 15) is 4.79 Å². The number of nitrogens with one attached hydrogen (secondary N) is 1. The molecule has 0 spiro atoms. The molecule has 2 bridgehead atoms. The van der Waals surface area contributed by atoms with Crippen LogP contribution < -0.4 is 11.1 Å². The van der Waals surface area contributed by atoms with E-state index in [0.717, 1.165) is 24.3 Å². The smallest absolute Gasteiger partial charge is 0.270 e. The van der Waals surface area contributed by atoms with Crippen molar-refractivity contribution >= 4 is 42.1 Å². The molecule has 0 aromatic carbocycles. The molecule has 2 saturated carbocycles. The fraction of sp³-hybridized carbons (Fsp3) is 0.765. The Kier molecular flexibility index (Phi) is 8.46. The molecule has 1 aromatic heterocycles. The molecule has 7 heteroatoms. The van der Waals surface area contributed by atoms with Crippen molar-refractivity contribution in [3.05, 3.63) is 16.1 Å². The fourth-order valence-corrected chi connectivity index (χ4v) is 5.10. The minimum Gasteiger partial charge on any atom is -0.347 e. The van der Waals surface area contributed by atoms with Crippen LogP contribution in [0.5, 0.6) is 0 Å². The van der Waals surface area contributed by atoms with E-state index >= 15 is 0 Å². The van der Waals surface area contributed by atoms with Gasteiger partial charge in [-0.05, 0) is 43.4 Å². The van der Waals surface area contributed by atoms with Crippen molar-refractivity contribution in [2.45, 2.75) is 64.5 Å². The normalized spacial score (nSPS) is 28.7. The van der Waals surface area contributed by atoms with Gasteiger partial charge in [0.2, 0.25) is 0 Å². The van der Waals surface area contributed by atoms with Gasteiger partial charge in [0.05, 0.1) is 5.01 Å². The monoisotopic (exact) mass is 393 g/mol. The van der Waals surface area contributed by atoms with Crippen molar-refractivity contribution in [2.75, 3.05) is 0 Å². The number of hydrogen-bond acceptors (Lipinski definition) is 4. The van der Waals surface area contributed by atoms with Crippen LogP contribution in [0.3, 0.4) is 0 Å². The number of rotatable bonds is 4. The quantitative estimate of drug-likeness (QED) is 0.816. The lowest BCUT2D eigenvalue weighted by Crippen LogP contribution is -2.53. The maximum Gasteiger partial charge on any atom is 0.270 e. The van der Waals surface area contributed by atoms with E-state index in [1.54, 1.807) is 11.3 Å². The largest absolute Gasteiger partial charge is 0.347 e. The molecule has 1 amide bonds. The summed E-state index contributed by atoms with van der Waals surface area (Å²) in [7, 11) is 0. The lowest BCUT2D eigenvalue weighted by Gasteiger charge is -2.45. The van der Waals surface area contributed by atoms with Gasteiger partial charge in [-0.25, -0.2) is 4.98 Å². The Morgan fingerprint density at radius 2 is 1.96 bits per heavy atom. The van der Waals surface area contributed by atoms with Gasteiger partial charge in [0.1, 0.15) is 5.69 Å². The molecule has 2 unspecified atom stereocenters. The van der Waals surface area contributed by atoms with Crippen LogP contribution in [0.15, 0.2) is 5.38 Å². The first-order chi connectivity index (χ1) is 10.5. The van der Waals surface area contributed by atoms with Crippen LogP contribution in [0, 0.1) is 17.8 Å². The second-order valence-electron chi connectivity index (χ2n) is 7.41. The predicted octanol–water partition coefficient (Wildman–Crippen LogP) is 3.82. The average molecular weight is 394 g/mol. The van der Waals surface area contributed by atoms with Gasteiger partial charge >= 0.3 is 0 Å². The van der Waals surface area contributed by atoms with Crippen molar-refractivity contribution < 1.29 is 4.79 Å². The number of thiazole rings is 1. The third-order valence-corrected chi connectivity index (χ3v) is 5.91. The zero-order valence-corrected chi connectivity index (χ0v) is 16.8. The summed E-state index contributed by atoms with van der Waals surface area (Å²) in [6, 6.07) is 0.622. The highest BCUT2D eigenvalue weighted by Gasteiger charge is 2.40. The molecule has 138 valence electrons. The average Bonchev–Trinajstić information content (AvgIpc) is 2.87. The Morgan fingerprint density at radius 1 is 1.33 bits per heavy atom. The van der Waals surface area contributed by atoms with Crippen LogP contribution in [0.4, 0.5) is 0 Å². The molecule has 3 N–H and O–H groups in total. The van der Waals surface area contributed by atoms with E-state index in [4.69, 9.17) is 5.73 Å². The zero-order valence-electron chi connectivity index (χ0n) is 14.4. The first kappa shape index (κ1) is 21.7. The molecule has 1 heterocycles. The summed E-state index contributed by atoms with van der Waals surface area (Å²) in [5.41, 5.74) is 6.75. The van der Waals surface area contributed by atoms with Crippen LogP contribution in [0.2, 0.25) is 0 Å². The van der Waals surface area contributed by atoms with Crippen molar-refractivity contribution in [3.63, 3.8) is 0 Å². The van der Waals surface area contributed by atoms with Gasteiger partial charge < -0.3 is 11.1 Å². The van der Waals surface area contributed by atoms with E-state index in [1.807, 2.05) is 5.38 Å². The van der Waals surface area contributed by atoms with Gasteiger partial charge in [0.25, 0.3) is 5.91 Å². The molecule has 0 aliphatic heterocycles. The fourth-order valence-electron chi connectivity index (χ4n) is 4.11. The number of nitrogens with zero attached hydrogens (tertiary/aromatic N) is 1. The van der Waals surface area contributed by atoms with E-state index in [-0.39, 0.29) is 30.7 Å². The number of nitrogens with two attached hydrogens (primary N) is 1. The van der Waals surface area contributed by atoms with Gasteiger partial charge in [-0.15, -0.1) is 36.2 Å². The third-order valence-electron chi connectivity index (χ3n) is 5.04. The number of fused-ring (bicyclic) bond motifs is 2. The molecule has 3 rings (SSSR count). The Hall–Kier alpha value is -0.360. The van der Waals surface area contributed by atoms with Crippen molar-refractivity contribution in [2.24, 2.45) is 23.5 Å². The van der Waals surface area contributed by atoms with E-state index in [0.29, 0.717) is 35.5 Å². The second-order valence-corrected chi connectivity index (χ2v) is 8.35. The molecule has 2 aliphatic carbocycles. The van der Waals surface area contributed by atoms with Crippen LogP contribution in [-0.2, 0) is 6.42 Å². The first-order valence-electron chi connectivity index (χ1n) is 8.53. The summed E-state index contributed by atoms with van der Waals surface area (Å²) in [5.74, 6) is 1.69. The molecule has 0 radical (unpaired) electrons. The first-order valence-corrected chi connectivity index (χ1v) is 9.41. The Labute approximate surface area is 161 Å². The van der Waals surface area contributed by atoms with Crippen LogP contribution in [-0.4, -0.2) is 23.0 Å². The van der Waals surface area contributed by atoms with Crippen molar-refractivity contribution in [3.8, 4) is 0 Å². The Morgan fingerprint density at radius 3 is 2.54 bits per heavy atom. The summed E-state index contributed by atoms with van der Waals surface area (Å²) in [6.45, 7) is 4.35. The molecular formula is C17H29Cl2N3OS. The summed E-state index contributed by atoms with van der Waals surface area (Å²) in [5, 5.41) is 6.24. The Bertz CT molecular complexity index is 524. The van der Waals surface area contributed by atoms with Crippen molar-refractivity contribution in [1.82, 2.24) is 10.3 Å². The predicted molar refractivity (Wildman–Crippen MR) is 104 cm³/mol. The van der Waals surface area contributed by atoms with Gasteiger partial charge in [-0.2, -0.15) is 0 Å². The zero-order chi connectivity index (χ0) is 15.7. The summed E-state index contributed by atoms with van der Waals surface area (Å²) in [4.78, 5) is 17.0. The maximum absolute atomic E-state index is 12.5. The van der Waals surface area contributed by atoms with Crippen molar-refractivity contribution in [1.29, 1.82) is 0 Å². The molecule has 0 saturated heterocycles. The standard InChI is InChI=1S/C17H27N3OS.2ClH/c1-10(2)6-15-19-14(9-22-15)17(21)20-16-11-4-3-5-12(16)8-13(18)7-11;;/h9-13,16H,3-8,18H2,1-2H3,(H,20,21);2*1H. The third kappa shape index (κ3) is 5.07. The van der Waals surface area contributed by atoms with Gasteiger partial charge in [-0.1, -0.05) is 20.3 Å². The number of halogens is 2. The summed E-state index contributed by atoms with van der Waals surface area (Å²) in [6.07, 6.45) is 6.73. The van der Waals surface area contributed by atoms with E-state index in [2.05, 4.69) is 24.1 Å². The topological polar surface area (TPSA) is 68.0 Å². The number of carbonyl (C=O) groups is 1. The highest BCUT2D eigenvalue weighted by Crippen LogP contribution is 2.39. The lowest BCUT2D eigenvalue weighted by atomic mass is 9.67. The molecular weight excluding hydrogens is 365 g/mol. The van der Waals surface area contributed by atoms with Crippen LogP contribution in [0.1, 0.15) is 61.4 Å². The number of hydrogen-bond donors (Lipinski definition) is 2. The SMILES string of the molecule is CC(C)Cc1nc(C(=O)NC2C3CCCC2CC(N)C3)cs1.Cl.Cl. The van der Waals surface area contributed by atoms with Crippen LogP contribution >= 0.6 is 36.2 Å². The second kappa shape index (κ2) is 9.37. The maximum atomic E-state index is 12.5. The van der Waals surface area contributed by atoms with Gasteiger partial charge in [-0.3, -0.25) is 4.79 Å². The molecule has 4 nitrogen and oxygen atoms in total. The van der Waals surface area contributed by atoms with Crippen LogP contribution in [0.25, 0.3) is 0 Å². The molecule has 24 heavy (non-hydrogen) atoms. The number of amides is 1. The molecule has 2 atom stereocenters.